The van der Waals surface area contributed by atoms with E-state index in [1.54, 1.807) is 13.8 Å². The first-order chi connectivity index (χ1) is 13.2. The molecule has 1 aliphatic heterocycles. The lowest BCUT2D eigenvalue weighted by Gasteiger charge is -2.37. The predicted molar refractivity (Wildman–Crippen MR) is 105 cm³/mol. The normalized spacial score (nSPS) is 21.3. The lowest BCUT2D eigenvalue weighted by atomic mass is 9.94. The van der Waals surface area contributed by atoms with Crippen LogP contribution in [0.5, 0.6) is 0 Å². The number of amides is 1. The van der Waals surface area contributed by atoms with Gasteiger partial charge in [0.15, 0.2) is 5.76 Å². The predicted octanol–water partition coefficient (Wildman–Crippen LogP) is 1.68. The third-order valence-electron chi connectivity index (χ3n) is 6.47. The van der Waals surface area contributed by atoms with Gasteiger partial charge in [-0.2, -0.15) is 4.31 Å². The number of likely N-dealkylation sites (N-methyl/N-ethyl adjacent to an activating group) is 1. The molecule has 1 saturated carbocycles. The van der Waals surface area contributed by atoms with E-state index >= 15 is 0 Å². The Balaban J connectivity index is 1.57. The molecule has 1 N–H and O–H groups in total. The van der Waals surface area contributed by atoms with Gasteiger partial charge < -0.3 is 14.7 Å². The molecule has 8 nitrogen and oxygen atoms in total. The number of nitrogens with one attached hydrogen (secondary N) is 1. The van der Waals surface area contributed by atoms with Crippen LogP contribution >= 0.6 is 0 Å². The summed E-state index contributed by atoms with van der Waals surface area (Å²) in [7, 11) is 0.521. The fraction of sp³-hybridized carbons (Fsp3) is 0.789. The molecule has 9 heteroatoms. The largest absolute Gasteiger partial charge is 0.360 e. The van der Waals surface area contributed by atoms with E-state index in [2.05, 4.69) is 29.5 Å². The molecule has 2 aliphatic rings. The maximum Gasteiger partial charge on any atom is 0.248 e. The van der Waals surface area contributed by atoms with E-state index in [1.807, 2.05) is 0 Å². The highest BCUT2D eigenvalue weighted by Crippen LogP contribution is 2.33. The molecule has 0 atom stereocenters. The Morgan fingerprint density at radius 2 is 1.86 bits per heavy atom. The molecule has 0 spiro atoms. The molecule has 0 unspecified atom stereocenters. The number of nitrogens with zero attached hydrogens (tertiary/aromatic N) is 3. The van der Waals surface area contributed by atoms with Crippen molar-refractivity contribution in [2.75, 3.05) is 33.7 Å². The lowest BCUT2D eigenvalue weighted by Crippen LogP contribution is -2.52. The van der Waals surface area contributed by atoms with Gasteiger partial charge in [0.05, 0.1) is 0 Å². The molecule has 28 heavy (non-hydrogen) atoms. The Morgan fingerprint density at radius 3 is 2.36 bits per heavy atom. The maximum atomic E-state index is 12.9. The summed E-state index contributed by atoms with van der Waals surface area (Å²) in [5.41, 5.74) is 0.436. The van der Waals surface area contributed by atoms with Crippen molar-refractivity contribution in [1.29, 1.82) is 0 Å². The number of carbonyl (C=O) groups excluding carboxylic acids is 1. The zero-order valence-corrected chi connectivity index (χ0v) is 18.1. The summed E-state index contributed by atoms with van der Waals surface area (Å²) in [6.07, 6.45) is 5.67. The molecule has 1 aromatic rings. The van der Waals surface area contributed by atoms with E-state index in [4.69, 9.17) is 4.52 Å². The van der Waals surface area contributed by atoms with Crippen LogP contribution in [0.25, 0.3) is 0 Å². The van der Waals surface area contributed by atoms with E-state index in [0.717, 1.165) is 12.8 Å². The highest BCUT2D eigenvalue weighted by Gasteiger charge is 2.38. The fourth-order valence-electron chi connectivity index (χ4n) is 4.54. The smallest absolute Gasteiger partial charge is 0.248 e. The molecule has 1 amide bonds. The first-order valence-corrected chi connectivity index (χ1v) is 11.5. The third-order valence-corrected chi connectivity index (χ3v) is 8.61. The summed E-state index contributed by atoms with van der Waals surface area (Å²) >= 11 is 0. The van der Waals surface area contributed by atoms with Gasteiger partial charge in [-0.05, 0) is 53.6 Å². The minimum Gasteiger partial charge on any atom is -0.360 e. The highest BCUT2D eigenvalue weighted by atomic mass is 32.2. The van der Waals surface area contributed by atoms with Crippen LogP contribution in [0.1, 0.15) is 50.0 Å². The van der Waals surface area contributed by atoms with Crippen molar-refractivity contribution in [3.8, 4) is 0 Å². The lowest BCUT2D eigenvalue weighted by molar-refractivity contribution is -0.126. The second kappa shape index (κ2) is 8.12. The van der Waals surface area contributed by atoms with E-state index in [1.165, 1.54) is 17.1 Å². The molecular weight excluding hydrogens is 380 g/mol. The first kappa shape index (κ1) is 21.3. The van der Waals surface area contributed by atoms with Crippen LogP contribution in [-0.2, 0) is 14.8 Å². The molecule has 158 valence electrons. The Morgan fingerprint density at radius 1 is 1.25 bits per heavy atom. The fourth-order valence-corrected chi connectivity index (χ4v) is 6.30. The van der Waals surface area contributed by atoms with E-state index in [-0.39, 0.29) is 22.3 Å². The van der Waals surface area contributed by atoms with Crippen LogP contribution in [0, 0.1) is 19.8 Å². The van der Waals surface area contributed by atoms with Crippen molar-refractivity contribution in [1.82, 2.24) is 19.7 Å². The van der Waals surface area contributed by atoms with Crippen molar-refractivity contribution in [2.45, 2.75) is 62.8 Å². The highest BCUT2D eigenvalue weighted by molar-refractivity contribution is 7.89. The Kier molecular flexibility index (Phi) is 6.17. The average molecular weight is 413 g/mol. The Labute approximate surface area is 167 Å². The van der Waals surface area contributed by atoms with Gasteiger partial charge in [0, 0.05) is 31.1 Å². The number of piperidine rings is 1. The molecule has 0 bridgehead atoms. The molecule has 0 radical (unpaired) electrons. The minimum atomic E-state index is -3.64. The van der Waals surface area contributed by atoms with E-state index < -0.39 is 10.0 Å². The first-order valence-electron chi connectivity index (χ1n) is 10.1. The molecule has 2 heterocycles. The number of carbonyl (C=O) groups is 1. The third kappa shape index (κ3) is 3.97. The average Bonchev–Trinajstić information content (AvgIpc) is 3.27. The molecule has 1 aliphatic carbocycles. The molecule has 1 saturated heterocycles. The number of hydrogen-bond acceptors (Lipinski definition) is 6. The van der Waals surface area contributed by atoms with Crippen molar-refractivity contribution in [3.05, 3.63) is 11.5 Å². The Bertz CT molecular complexity index is 784. The van der Waals surface area contributed by atoms with Crippen LogP contribution in [0.2, 0.25) is 0 Å². The van der Waals surface area contributed by atoms with Crippen molar-refractivity contribution < 1.29 is 17.7 Å². The standard InChI is InChI=1S/C19H32N4O4S/c1-14-17(15(2)27-21-14)28(25,26)23-11-7-16(8-12-23)18(24)20-13-19(22(3)4)9-5-6-10-19/h16H,5-13H2,1-4H3,(H,20,24). The van der Waals surface area contributed by atoms with Gasteiger partial charge in [0.1, 0.15) is 10.6 Å². The van der Waals surface area contributed by atoms with Crippen LogP contribution in [-0.4, -0.2) is 68.0 Å². The van der Waals surface area contributed by atoms with Gasteiger partial charge in [-0.25, -0.2) is 8.42 Å². The van der Waals surface area contributed by atoms with Crippen molar-refractivity contribution in [3.63, 3.8) is 0 Å². The van der Waals surface area contributed by atoms with Crippen LogP contribution in [0.3, 0.4) is 0 Å². The van der Waals surface area contributed by atoms with Crippen LogP contribution in [0.15, 0.2) is 9.42 Å². The summed E-state index contributed by atoms with van der Waals surface area (Å²) in [5, 5.41) is 6.90. The van der Waals surface area contributed by atoms with Crippen LogP contribution in [0.4, 0.5) is 0 Å². The zero-order chi connectivity index (χ0) is 20.5. The van der Waals surface area contributed by atoms with Gasteiger partial charge in [-0.3, -0.25) is 4.79 Å². The minimum absolute atomic E-state index is 0.0440. The second-order valence-electron chi connectivity index (χ2n) is 8.38. The van der Waals surface area contributed by atoms with Gasteiger partial charge in [-0.1, -0.05) is 18.0 Å². The summed E-state index contributed by atoms with van der Waals surface area (Å²) in [5.74, 6) is 0.210. The topological polar surface area (TPSA) is 95.8 Å². The van der Waals surface area contributed by atoms with Crippen molar-refractivity contribution in [2.24, 2.45) is 5.92 Å². The van der Waals surface area contributed by atoms with Gasteiger partial charge >= 0.3 is 0 Å². The van der Waals surface area contributed by atoms with E-state index in [9.17, 15) is 13.2 Å². The quantitative estimate of drug-likeness (QED) is 0.764. The SMILES string of the molecule is Cc1noc(C)c1S(=O)(=O)N1CCC(C(=O)NCC2(N(C)C)CCCC2)CC1. The summed E-state index contributed by atoms with van der Waals surface area (Å²) in [6.45, 7) is 4.58. The number of rotatable bonds is 6. The summed E-state index contributed by atoms with van der Waals surface area (Å²) < 4.78 is 32.3. The van der Waals surface area contributed by atoms with Gasteiger partial charge in [0.25, 0.3) is 0 Å². The number of sulfonamides is 1. The summed E-state index contributed by atoms with van der Waals surface area (Å²) in [4.78, 5) is 15.1. The van der Waals surface area contributed by atoms with Gasteiger partial charge in [-0.15, -0.1) is 0 Å². The Hall–Kier alpha value is -1.45. The number of hydrogen-bond donors (Lipinski definition) is 1. The summed E-state index contributed by atoms with van der Waals surface area (Å²) in [6, 6.07) is 0. The zero-order valence-electron chi connectivity index (χ0n) is 17.3. The number of aromatic nitrogens is 1. The number of aryl methyl sites for hydroxylation is 2. The molecular formula is C19H32N4O4S. The molecule has 2 fully saturated rings. The second-order valence-corrected chi connectivity index (χ2v) is 10.3. The molecule has 1 aromatic heterocycles. The van der Waals surface area contributed by atoms with Gasteiger partial charge in [0.2, 0.25) is 15.9 Å². The molecule has 0 aromatic carbocycles. The van der Waals surface area contributed by atoms with Crippen molar-refractivity contribution >= 4 is 15.9 Å². The van der Waals surface area contributed by atoms with Crippen LogP contribution < -0.4 is 5.32 Å². The maximum absolute atomic E-state index is 12.9. The molecule has 3 rings (SSSR count). The van der Waals surface area contributed by atoms with E-state index in [0.29, 0.717) is 43.9 Å². The monoisotopic (exact) mass is 412 g/mol.